The fraction of sp³-hybridized carbons (Fsp3) is 1.00. The first kappa shape index (κ1) is 11.0. The second-order valence-corrected chi connectivity index (χ2v) is 4.07. The molecule has 0 radical (unpaired) electrons. The summed E-state index contributed by atoms with van der Waals surface area (Å²) in [6, 6.07) is 0. The predicted molar refractivity (Wildman–Crippen MR) is 56.8 cm³/mol. The predicted octanol–water partition coefficient (Wildman–Crippen LogP) is 0.409. The third-order valence-corrected chi connectivity index (χ3v) is 3.10. The lowest BCUT2D eigenvalue weighted by molar-refractivity contribution is 0.264. The van der Waals surface area contributed by atoms with E-state index in [0.717, 1.165) is 45.6 Å². The largest absolute Gasteiger partial charge is 0.324 e. The smallest absolute Gasteiger partial charge is 0.0305 e. The average molecular weight is 185 g/mol. The summed E-state index contributed by atoms with van der Waals surface area (Å²) in [5.74, 6) is 0. The van der Waals surface area contributed by atoms with Crippen LogP contribution in [0.15, 0.2) is 0 Å². The normalized spacial score (nSPS) is 28.6. The van der Waals surface area contributed by atoms with Gasteiger partial charge in [-0.15, -0.1) is 0 Å². The summed E-state index contributed by atoms with van der Waals surface area (Å²) in [7, 11) is 0. The summed E-state index contributed by atoms with van der Waals surface area (Å²) >= 11 is 0. The topological polar surface area (TPSA) is 41.3 Å². The number of rotatable bonds is 5. The van der Waals surface area contributed by atoms with Crippen LogP contribution in [0.2, 0.25) is 0 Å². The van der Waals surface area contributed by atoms with Crippen molar-refractivity contribution in [3.63, 3.8) is 0 Å². The Morgan fingerprint density at radius 2 is 2.08 bits per heavy atom. The van der Waals surface area contributed by atoms with Gasteiger partial charge in [0.25, 0.3) is 0 Å². The summed E-state index contributed by atoms with van der Waals surface area (Å²) in [6.07, 6.45) is 2.26. The molecule has 3 nitrogen and oxygen atoms in total. The lowest BCUT2D eigenvalue weighted by Gasteiger charge is -2.26. The summed E-state index contributed by atoms with van der Waals surface area (Å²) in [4.78, 5) is 2.44. The van der Waals surface area contributed by atoms with Gasteiger partial charge in [0, 0.05) is 12.1 Å². The molecule has 0 aromatic heterocycles. The summed E-state index contributed by atoms with van der Waals surface area (Å²) < 4.78 is 0. The number of hydrogen-bond acceptors (Lipinski definition) is 3. The minimum Gasteiger partial charge on any atom is -0.324 e. The van der Waals surface area contributed by atoms with Crippen LogP contribution in [0.5, 0.6) is 0 Å². The van der Waals surface area contributed by atoms with Gasteiger partial charge < -0.3 is 16.0 Å². The van der Waals surface area contributed by atoms with E-state index in [-0.39, 0.29) is 5.54 Å². The van der Waals surface area contributed by atoms with E-state index in [0.29, 0.717) is 0 Å². The van der Waals surface area contributed by atoms with Crippen molar-refractivity contribution in [2.75, 3.05) is 32.7 Å². The van der Waals surface area contributed by atoms with E-state index in [1.165, 1.54) is 0 Å². The zero-order chi connectivity index (χ0) is 9.73. The molecule has 1 aliphatic heterocycles. The molecule has 0 saturated carbocycles. The molecule has 1 aliphatic rings. The van der Waals surface area contributed by atoms with Crippen LogP contribution in [0.1, 0.15) is 26.7 Å². The molecule has 78 valence electrons. The van der Waals surface area contributed by atoms with E-state index in [1.54, 1.807) is 0 Å². The van der Waals surface area contributed by atoms with Crippen molar-refractivity contribution in [2.24, 2.45) is 5.73 Å². The van der Waals surface area contributed by atoms with Gasteiger partial charge in [0.2, 0.25) is 0 Å². The van der Waals surface area contributed by atoms with Gasteiger partial charge in [0.1, 0.15) is 0 Å². The average Bonchev–Trinajstić information content (AvgIpc) is 2.55. The van der Waals surface area contributed by atoms with Gasteiger partial charge in [-0.3, -0.25) is 0 Å². The number of nitrogens with two attached hydrogens (primary N) is 1. The maximum Gasteiger partial charge on any atom is 0.0305 e. The molecular weight excluding hydrogens is 162 g/mol. The molecule has 0 aromatic carbocycles. The monoisotopic (exact) mass is 185 g/mol. The van der Waals surface area contributed by atoms with Crippen molar-refractivity contribution < 1.29 is 0 Å². The Bertz CT molecular complexity index is 137. The number of nitrogens with one attached hydrogen (secondary N) is 1. The van der Waals surface area contributed by atoms with Crippen LogP contribution in [-0.4, -0.2) is 43.2 Å². The fourth-order valence-electron chi connectivity index (χ4n) is 1.90. The van der Waals surface area contributed by atoms with Crippen LogP contribution in [0, 0.1) is 0 Å². The van der Waals surface area contributed by atoms with Crippen LogP contribution < -0.4 is 11.1 Å². The van der Waals surface area contributed by atoms with Gasteiger partial charge in [-0.25, -0.2) is 0 Å². The van der Waals surface area contributed by atoms with Crippen LogP contribution in [0.4, 0.5) is 0 Å². The van der Waals surface area contributed by atoms with Gasteiger partial charge in [-0.1, -0.05) is 13.8 Å². The standard InChI is InChI=1S/C10H23N3/c1-3-13(4-2)8-6-10(11)5-7-12-9-10/h12H,3-9,11H2,1-2H3. The van der Waals surface area contributed by atoms with Crippen molar-refractivity contribution >= 4 is 0 Å². The third-order valence-electron chi connectivity index (χ3n) is 3.10. The molecule has 1 heterocycles. The van der Waals surface area contributed by atoms with Gasteiger partial charge >= 0.3 is 0 Å². The molecule has 1 unspecified atom stereocenters. The molecule has 13 heavy (non-hydrogen) atoms. The third kappa shape index (κ3) is 3.25. The molecule has 1 atom stereocenters. The number of hydrogen-bond donors (Lipinski definition) is 2. The summed E-state index contributed by atoms with van der Waals surface area (Å²) in [5, 5.41) is 3.33. The lowest BCUT2D eigenvalue weighted by Crippen LogP contribution is -2.44. The molecule has 1 fully saturated rings. The first-order valence-electron chi connectivity index (χ1n) is 5.42. The minimum absolute atomic E-state index is 0.0720. The van der Waals surface area contributed by atoms with Crippen LogP contribution in [-0.2, 0) is 0 Å². The van der Waals surface area contributed by atoms with E-state index < -0.39 is 0 Å². The maximum absolute atomic E-state index is 6.23. The lowest BCUT2D eigenvalue weighted by atomic mass is 9.95. The Morgan fingerprint density at radius 1 is 1.38 bits per heavy atom. The Hall–Kier alpha value is -0.120. The van der Waals surface area contributed by atoms with E-state index in [9.17, 15) is 0 Å². The molecule has 0 aromatic rings. The SMILES string of the molecule is CCN(CC)CCC1(N)CCNC1. The van der Waals surface area contributed by atoms with Gasteiger partial charge in [-0.2, -0.15) is 0 Å². The molecular formula is C10H23N3. The van der Waals surface area contributed by atoms with Crippen molar-refractivity contribution in [1.82, 2.24) is 10.2 Å². The van der Waals surface area contributed by atoms with E-state index >= 15 is 0 Å². The van der Waals surface area contributed by atoms with Gasteiger partial charge in [0.15, 0.2) is 0 Å². The Balaban J connectivity index is 2.23. The minimum atomic E-state index is 0.0720. The van der Waals surface area contributed by atoms with Crippen LogP contribution >= 0.6 is 0 Å². The highest BCUT2D eigenvalue weighted by molar-refractivity contribution is 4.92. The molecule has 0 bridgehead atoms. The second-order valence-electron chi connectivity index (χ2n) is 4.07. The Labute approximate surface area is 81.7 Å². The van der Waals surface area contributed by atoms with E-state index in [2.05, 4.69) is 24.1 Å². The Morgan fingerprint density at radius 3 is 2.54 bits per heavy atom. The molecule has 0 amide bonds. The van der Waals surface area contributed by atoms with E-state index in [4.69, 9.17) is 5.73 Å². The van der Waals surface area contributed by atoms with Crippen molar-refractivity contribution in [1.29, 1.82) is 0 Å². The number of nitrogens with zero attached hydrogens (tertiary/aromatic N) is 1. The maximum atomic E-state index is 6.23. The molecule has 1 rings (SSSR count). The fourth-order valence-corrected chi connectivity index (χ4v) is 1.90. The molecule has 0 spiro atoms. The van der Waals surface area contributed by atoms with Crippen molar-refractivity contribution in [3.8, 4) is 0 Å². The van der Waals surface area contributed by atoms with Gasteiger partial charge in [-0.05, 0) is 39.0 Å². The molecule has 3 N–H and O–H groups in total. The van der Waals surface area contributed by atoms with Gasteiger partial charge in [0.05, 0.1) is 0 Å². The van der Waals surface area contributed by atoms with Crippen LogP contribution in [0.25, 0.3) is 0 Å². The van der Waals surface area contributed by atoms with E-state index in [1.807, 2.05) is 0 Å². The zero-order valence-corrected chi connectivity index (χ0v) is 8.97. The summed E-state index contributed by atoms with van der Waals surface area (Å²) in [5.41, 5.74) is 6.30. The molecule has 1 saturated heterocycles. The quantitative estimate of drug-likeness (QED) is 0.652. The summed E-state index contributed by atoms with van der Waals surface area (Å²) in [6.45, 7) is 9.92. The zero-order valence-electron chi connectivity index (χ0n) is 8.97. The highest BCUT2D eigenvalue weighted by atomic mass is 15.1. The molecule has 0 aliphatic carbocycles. The molecule has 3 heteroatoms. The Kier molecular flexibility index (Phi) is 4.16. The van der Waals surface area contributed by atoms with Crippen molar-refractivity contribution in [3.05, 3.63) is 0 Å². The highest BCUT2D eigenvalue weighted by Gasteiger charge is 2.28. The van der Waals surface area contributed by atoms with Crippen molar-refractivity contribution in [2.45, 2.75) is 32.2 Å². The second kappa shape index (κ2) is 4.94. The first-order valence-corrected chi connectivity index (χ1v) is 5.42. The first-order chi connectivity index (χ1) is 6.20. The van der Waals surface area contributed by atoms with Crippen LogP contribution in [0.3, 0.4) is 0 Å². The highest BCUT2D eigenvalue weighted by Crippen LogP contribution is 2.15.